The van der Waals surface area contributed by atoms with E-state index in [1.807, 2.05) is 0 Å². The Hall–Kier alpha value is -1.98. The number of hydrogen-bond acceptors (Lipinski definition) is 8. The maximum atomic E-state index is 11.0. The molecule has 9 nitrogen and oxygen atoms in total. The molecule has 1 N–H and O–H groups in total. The molecule has 0 aliphatic carbocycles. The molecule has 1 aromatic carbocycles. The summed E-state index contributed by atoms with van der Waals surface area (Å²) in [5, 5.41) is 3.03. The number of benzene rings is 1. The number of sulfone groups is 1. The predicted octanol–water partition coefficient (Wildman–Crippen LogP) is 0.0960. The predicted molar refractivity (Wildman–Crippen MR) is 81.8 cm³/mol. The fourth-order valence-corrected chi connectivity index (χ4v) is 2.41. The van der Waals surface area contributed by atoms with Crippen LogP contribution in [-0.2, 0) is 25.2 Å². The number of piperazine rings is 1. The van der Waals surface area contributed by atoms with E-state index in [0.29, 0.717) is 31.1 Å². The summed E-state index contributed by atoms with van der Waals surface area (Å²) in [5.74, 6) is 0. The van der Waals surface area contributed by atoms with Crippen molar-refractivity contribution in [3.8, 4) is 0 Å². The highest BCUT2D eigenvalue weighted by molar-refractivity contribution is 7.90. The molecule has 23 heavy (non-hydrogen) atoms. The Morgan fingerprint density at radius 3 is 2.22 bits per heavy atom. The van der Waals surface area contributed by atoms with E-state index in [1.54, 1.807) is 30.3 Å². The number of rotatable bonds is 2. The topological polar surface area (TPSA) is 122 Å². The van der Waals surface area contributed by atoms with Crippen molar-refractivity contribution in [1.82, 2.24) is 10.2 Å². The highest BCUT2D eigenvalue weighted by Gasteiger charge is 2.17. The molecule has 1 fully saturated rings. The number of carbonyl (C=O) groups excluding carboxylic acids is 1. The first kappa shape index (κ1) is 19.1. The second-order valence-corrected chi connectivity index (χ2v) is 7.07. The van der Waals surface area contributed by atoms with E-state index < -0.39 is 26.4 Å². The Bertz CT molecular complexity index is 732. The first-order valence-electron chi connectivity index (χ1n) is 6.53. The molecule has 1 aromatic rings. The minimum Gasteiger partial charge on any atom is -0.313 e. The van der Waals surface area contributed by atoms with Gasteiger partial charge in [0.25, 0.3) is 0 Å². The zero-order chi connectivity index (χ0) is 17.3. The van der Waals surface area contributed by atoms with E-state index in [1.165, 1.54) is 11.2 Å². The first-order valence-corrected chi connectivity index (χ1v) is 9.45. The average Bonchev–Trinajstić information content (AvgIpc) is 2.54. The van der Waals surface area contributed by atoms with Crippen LogP contribution in [0.2, 0.25) is 0 Å². The lowest BCUT2D eigenvalue weighted by Crippen LogP contribution is -2.46. The third-order valence-electron chi connectivity index (χ3n) is 2.72. The van der Waals surface area contributed by atoms with Crippen LogP contribution in [0.15, 0.2) is 39.8 Å². The molecule has 1 heterocycles. The van der Waals surface area contributed by atoms with Crippen molar-refractivity contribution >= 4 is 26.4 Å². The summed E-state index contributed by atoms with van der Waals surface area (Å²) in [4.78, 5) is 16.9. The highest BCUT2D eigenvalue weighted by Crippen LogP contribution is 2.05. The van der Waals surface area contributed by atoms with Gasteiger partial charge in [0.15, 0.2) is 9.84 Å². The molecular weight excluding hydrogens is 346 g/mol. The molecule has 11 heteroatoms. The van der Waals surface area contributed by atoms with Crippen LogP contribution in [0.5, 0.6) is 0 Å². The largest absolute Gasteiger partial charge is 0.437 e. The maximum absolute atomic E-state index is 11.0. The van der Waals surface area contributed by atoms with Crippen LogP contribution < -0.4 is 5.32 Å². The fourth-order valence-electron chi connectivity index (χ4n) is 1.64. The molecule has 128 valence electrons. The van der Waals surface area contributed by atoms with Gasteiger partial charge in [-0.1, -0.05) is 18.2 Å². The van der Waals surface area contributed by atoms with Crippen molar-refractivity contribution in [3.63, 3.8) is 0 Å². The molecule has 0 atom stereocenters. The maximum Gasteiger partial charge on any atom is 0.437 e. The number of carbonyl (C=O) groups is 1. The Kier molecular flexibility index (Phi) is 7.65. The van der Waals surface area contributed by atoms with E-state index in [9.17, 15) is 21.6 Å². The van der Waals surface area contributed by atoms with Crippen LogP contribution >= 0.6 is 0 Å². The molecule has 1 aliphatic rings. The van der Waals surface area contributed by atoms with Crippen LogP contribution in [0.3, 0.4) is 0 Å². The lowest BCUT2D eigenvalue weighted by molar-refractivity contribution is 0.102. The zero-order valence-electron chi connectivity index (χ0n) is 12.4. The molecule has 0 bridgehead atoms. The van der Waals surface area contributed by atoms with Gasteiger partial charge in [0.1, 0.15) is 0 Å². The van der Waals surface area contributed by atoms with E-state index in [4.69, 9.17) is 0 Å². The van der Waals surface area contributed by atoms with Crippen LogP contribution in [0.1, 0.15) is 0 Å². The van der Waals surface area contributed by atoms with Gasteiger partial charge >= 0.3 is 16.6 Å². The van der Waals surface area contributed by atoms with Gasteiger partial charge in [-0.2, -0.15) is 8.42 Å². The smallest absolute Gasteiger partial charge is 0.313 e. The Balaban J connectivity index is 0.000000238. The second kappa shape index (κ2) is 9.22. The third-order valence-corrected chi connectivity index (χ3v) is 4.05. The van der Waals surface area contributed by atoms with Gasteiger partial charge < -0.3 is 10.2 Å². The minimum atomic E-state index is -3.00. The monoisotopic (exact) mass is 363 g/mol. The molecule has 0 unspecified atom stereocenters. The molecule has 1 saturated heterocycles. The fraction of sp³-hybridized carbons (Fsp3) is 0.417. The summed E-state index contributed by atoms with van der Waals surface area (Å²) < 4.78 is 44.1. The average molecular weight is 363 g/mol. The van der Waals surface area contributed by atoms with Crippen molar-refractivity contribution in [2.45, 2.75) is 4.90 Å². The van der Waals surface area contributed by atoms with Crippen molar-refractivity contribution in [2.75, 3.05) is 32.4 Å². The van der Waals surface area contributed by atoms with Gasteiger partial charge in [-0.3, -0.25) is 4.84 Å². The molecule has 2 rings (SSSR count). The van der Waals surface area contributed by atoms with Gasteiger partial charge in [0, 0.05) is 32.4 Å². The summed E-state index contributed by atoms with van der Waals surface area (Å²) in [6.07, 6.45) is 0.466. The van der Waals surface area contributed by atoms with Gasteiger partial charge in [-0.15, -0.1) is 0 Å². The van der Waals surface area contributed by atoms with Crippen molar-refractivity contribution in [1.29, 1.82) is 0 Å². The van der Waals surface area contributed by atoms with Gasteiger partial charge in [0.2, 0.25) is 0 Å². The molecule has 1 amide bonds. The molecule has 0 saturated carbocycles. The van der Waals surface area contributed by atoms with Gasteiger partial charge in [0.05, 0.1) is 9.42 Å². The Labute approximate surface area is 135 Å². The minimum absolute atomic E-state index is 0.370. The zero-order valence-corrected chi connectivity index (χ0v) is 14.0. The van der Waals surface area contributed by atoms with Crippen LogP contribution in [0.25, 0.3) is 0 Å². The summed E-state index contributed by atoms with van der Waals surface area (Å²) in [6.45, 7) is 2.35. The summed E-state index contributed by atoms with van der Waals surface area (Å²) in [7, 11) is -5.70. The second-order valence-electron chi connectivity index (χ2n) is 4.47. The molecule has 0 aromatic heterocycles. The van der Waals surface area contributed by atoms with E-state index >= 15 is 0 Å². The van der Waals surface area contributed by atoms with Crippen LogP contribution in [-0.4, -0.2) is 60.3 Å². The lowest BCUT2D eigenvalue weighted by atomic mass is 10.4. The van der Waals surface area contributed by atoms with Gasteiger partial charge in [-0.25, -0.2) is 13.2 Å². The van der Waals surface area contributed by atoms with Crippen molar-refractivity contribution in [3.05, 3.63) is 30.3 Å². The highest BCUT2D eigenvalue weighted by atomic mass is 32.2. The third kappa shape index (κ3) is 7.72. The quantitative estimate of drug-likeness (QED) is 0.739. The van der Waals surface area contributed by atoms with E-state index in [0.717, 1.165) is 0 Å². The summed E-state index contributed by atoms with van der Waals surface area (Å²) in [6, 6.07) is 8.35. The Morgan fingerprint density at radius 1 is 1.22 bits per heavy atom. The van der Waals surface area contributed by atoms with E-state index in [2.05, 4.69) is 14.7 Å². The van der Waals surface area contributed by atoms with Gasteiger partial charge in [-0.05, 0) is 12.1 Å². The summed E-state index contributed by atoms with van der Waals surface area (Å²) >= 11 is 0. The molecule has 0 radical (unpaired) electrons. The number of nitrogens with zero attached hydrogens (tertiary/aromatic N) is 2. The molecular formula is C12H17N3O6S2. The molecule has 1 aliphatic heterocycles. The van der Waals surface area contributed by atoms with E-state index in [-0.39, 0.29) is 0 Å². The number of nitrogens with one attached hydrogen (secondary N) is 1. The van der Waals surface area contributed by atoms with Crippen LogP contribution in [0.4, 0.5) is 4.79 Å². The Morgan fingerprint density at radius 2 is 1.78 bits per heavy atom. The van der Waals surface area contributed by atoms with Crippen molar-refractivity contribution < 1.29 is 26.5 Å². The molecule has 0 spiro atoms. The number of amides is 1. The summed E-state index contributed by atoms with van der Waals surface area (Å²) in [5.41, 5.74) is 0. The number of hydrogen-bond donors (Lipinski definition) is 1. The SMILES string of the molecule is CS(=O)(=O)c1ccccc1.O=C(ON=S(=O)=O)N1CCNCC1. The normalized spacial score (nSPS) is 14.2. The standard InChI is InChI=1S/C7H8O2S.C5H9N3O4S/c1-10(8,9)7-5-3-2-4-6-7;9-5(12-7-13(10)11)8-3-1-6-2-4-8/h2-6H,1H3;6H,1-4H2. The van der Waals surface area contributed by atoms with Crippen LogP contribution in [0, 0.1) is 0 Å². The lowest BCUT2D eigenvalue weighted by Gasteiger charge is -2.24. The first-order chi connectivity index (χ1) is 10.8. The van der Waals surface area contributed by atoms with Crippen molar-refractivity contribution in [2.24, 2.45) is 4.53 Å².